The second kappa shape index (κ2) is 7.44. The molecule has 1 amide bonds. The molecule has 1 fully saturated rings. The Morgan fingerprint density at radius 2 is 2.10 bits per heavy atom. The molecule has 1 aliphatic heterocycles. The highest BCUT2D eigenvalue weighted by molar-refractivity contribution is 5.78. The zero-order valence-electron chi connectivity index (χ0n) is 12.6. The summed E-state index contributed by atoms with van der Waals surface area (Å²) in [6.07, 6.45) is 3.10. The molecule has 0 radical (unpaired) electrons. The van der Waals surface area contributed by atoms with Crippen molar-refractivity contribution in [1.29, 1.82) is 0 Å². The van der Waals surface area contributed by atoms with Crippen LogP contribution in [-0.2, 0) is 4.79 Å². The summed E-state index contributed by atoms with van der Waals surface area (Å²) in [5.41, 5.74) is 1.34. The Kier molecular flexibility index (Phi) is 5.60. The molecule has 2 rings (SSSR count). The van der Waals surface area contributed by atoms with Crippen molar-refractivity contribution >= 4 is 5.91 Å². The van der Waals surface area contributed by atoms with E-state index in [2.05, 4.69) is 48.7 Å². The number of amides is 1. The molecule has 110 valence electrons. The summed E-state index contributed by atoms with van der Waals surface area (Å²) in [7, 11) is 0. The molecular formula is C17H26N2O. The van der Waals surface area contributed by atoms with Crippen LogP contribution >= 0.6 is 0 Å². The Hall–Kier alpha value is -1.35. The van der Waals surface area contributed by atoms with Gasteiger partial charge in [0.05, 0.1) is 5.92 Å². The maximum atomic E-state index is 12.1. The lowest BCUT2D eigenvalue weighted by Crippen LogP contribution is -2.44. The summed E-state index contributed by atoms with van der Waals surface area (Å²) in [5.74, 6) is 0.851. The maximum absolute atomic E-state index is 12.1. The molecule has 1 aliphatic rings. The fourth-order valence-electron chi connectivity index (χ4n) is 2.73. The SMILES string of the molecule is CC1CCC(C(=O)NCCC(C)c2ccccc2)CN1. The molecule has 0 aliphatic carbocycles. The van der Waals surface area contributed by atoms with Crippen LogP contribution in [0.25, 0.3) is 0 Å². The Morgan fingerprint density at radius 3 is 2.75 bits per heavy atom. The summed E-state index contributed by atoms with van der Waals surface area (Å²) in [5, 5.41) is 6.47. The summed E-state index contributed by atoms with van der Waals surface area (Å²) in [6.45, 7) is 5.98. The van der Waals surface area contributed by atoms with Gasteiger partial charge in [0.1, 0.15) is 0 Å². The quantitative estimate of drug-likeness (QED) is 0.867. The first-order valence-electron chi connectivity index (χ1n) is 7.73. The first kappa shape index (κ1) is 15.0. The summed E-state index contributed by atoms with van der Waals surface area (Å²) in [6, 6.07) is 11.0. The number of carbonyl (C=O) groups is 1. The number of hydrogen-bond donors (Lipinski definition) is 2. The minimum Gasteiger partial charge on any atom is -0.356 e. The van der Waals surface area contributed by atoms with Gasteiger partial charge in [-0.25, -0.2) is 0 Å². The van der Waals surface area contributed by atoms with Crippen LogP contribution in [0.1, 0.15) is 44.6 Å². The lowest BCUT2D eigenvalue weighted by atomic mass is 9.94. The first-order chi connectivity index (χ1) is 9.66. The van der Waals surface area contributed by atoms with E-state index in [4.69, 9.17) is 0 Å². The largest absolute Gasteiger partial charge is 0.356 e. The van der Waals surface area contributed by atoms with Crippen LogP contribution in [0.5, 0.6) is 0 Å². The van der Waals surface area contributed by atoms with E-state index in [1.807, 2.05) is 6.07 Å². The fourth-order valence-corrected chi connectivity index (χ4v) is 2.73. The van der Waals surface area contributed by atoms with Crippen molar-refractivity contribution in [1.82, 2.24) is 10.6 Å². The van der Waals surface area contributed by atoms with Crippen molar-refractivity contribution in [3.63, 3.8) is 0 Å². The second-order valence-electron chi connectivity index (χ2n) is 5.98. The molecule has 1 aromatic carbocycles. The maximum Gasteiger partial charge on any atom is 0.224 e. The average molecular weight is 274 g/mol. The van der Waals surface area contributed by atoms with Gasteiger partial charge < -0.3 is 10.6 Å². The van der Waals surface area contributed by atoms with Crippen LogP contribution in [0, 0.1) is 5.92 Å². The molecule has 0 bridgehead atoms. The van der Waals surface area contributed by atoms with Crippen LogP contribution in [0.3, 0.4) is 0 Å². The Morgan fingerprint density at radius 1 is 1.35 bits per heavy atom. The van der Waals surface area contributed by atoms with Gasteiger partial charge in [0, 0.05) is 19.1 Å². The lowest BCUT2D eigenvalue weighted by molar-refractivity contribution is -0.125. The molecule has 0 aromatic heterocycles. The lowest BCUT2D eigenvalue weighted by Gasteiger charge is -2.26. The second-order valence-corrected chi connectivity index (χ2v) is 5.98. The monoisotopic (exact) mass is 274 g/mol. The van der Waals surface area contributed by atoms with Crippen LogP contribution < -0.4 is 10.6 Å². The van der Waals surface area contributed by atoms with Crippen LogP contribution in [0.2, 0.25) is 0 Å². The van der Waals surface area contributed by atoms with Gasteiger partial charge in [-0.3, -0.25) is 4.79 Å². The molecule has 2 N–H and O–H groups in total. The fraction of sp³-hybridized carbons (Fsp3) is 0.588. The first-order valence-corrected chi connectivity index (χ1v) is 7.73. The van der Waals surface area contributed by atoms with Gasteiger partial charge in [0.2, 0.25) is 5.91 Å². The van der Waals surface area contributed by atoms with Crippen molar-refractivity contribution in [3.05, 3.63) is 35.9 Å². The number of benzene rings is 1. The molecule has 1 aromatic rings. The Balaban J connectivity index is 1.69. The van der Waals surface area contributed by atoms with Crippen molar-refractivity contribution < 1.29 is 4.79 Å². The third-order valence-electron chi connectivity index (χ3n) is 4.28. The zero-order chi connectivity index (χ0) is 14.4. The average Bonchev–Trinajstić information content (AvgIpc) is 2.48. The number of hydrogen-bond acceptors (Lipinski definition) is 2. The third-order valence-corrected chi connectivity index (χ3v) is 4.28. The van der Waals surface area contributed by atoms with E-state index in [-0.39, 0.29) is 11.8 Å². The number of rotatable bonds is 5. The molecule has 1 saturated heterocycles. The number of nitrogens with one attached hydrogen (secondary N) is 2. The molecule has 3 heteroatoms. The Labute approximate surface area is 122 Å². The highest BCUT2D eigenvalue weighted by Gasteiger charge is 2.23. The Bertz CT molecular complexity index is 410. The van der Waals surface area contributed by atoms with Crippen LogP contribution in [0.4, 0.5) is 0 Å². The molecule has 0 spiro atoms. The van der Waals surface area contributed by atoms with E-state index in [1.54, 1.807) is 0 Å². The summed E-state index contributed by atoms with van der Waals surface area (Å²) in [4.78, 5) is 12.1. The van der Waals surface area contributed by atoms with E-state index < -0.39 is 0 Å². The van der Waals surface area contributed by atoms with Gasteiger partial charge in [-0.15, -0.1) is 0 Å². The minimum absolute atomic E-state index is 0.151. The van der Waals surface area contributed by atoms with Crippen molar-refractivity contribution in [2.75, 3.05) is 13.1 Å². The minimum atomic E-state index is 0.151. The molecule has 3 unspecified atom stereocenters. The highest BCUT2D eigenvalue weighted by Crippen LogP contribution is 2.18. The molecule has 0 saturated carbocycles. The van der Waals surface area contributed by atoms with Crippen LogP contribution in [0.15, 0.2) is 30.3 Å². The molecule has 3 nitrogen and oxygen atoms in total. The predicted molar refractivity (Wildman–Crippen MR) is 82.7 cm³/mol. The van der Waals surface area contributed by atoms with E-state index >= 15 is 0 Å². The molecular weight excluding hydrogens is 248 g/mol. The standard InChI is InChI=1S/C17H26N2O/c1-13(15-6-4-3-5-7-15)10-11-18-17(20)16-9-8-14(2)19-12-16/h3-7,13-14,16,19H,8-12H2,1-2H3,(H,18,20). The molecule has 1 heterocycles. The van der Waals surface area contributed by atoms with Gasteiger partial charge in [0.15, 0.2) is 0 Å². The van der Waals surface area contributed by atoms with Crippen molar-refractivity contribution in [3.8, 4) is 0 Å². The van der Waals surface area contributed by atoms with Crippen molar-refractivity contribution in [2.24, 2.45) is 5.92 Å². The van der Waals surface area contributed by atoms with E-state index in [1.165, 1.54) is 5.56 Å². The van der Waals surface area contributed by atoms with Gasteiger partial charge in [-0.05, 0) is 37.7 Å². The van der Waals surface area contributed by atoms with Gasteiger partial charge >= 0.3 is 0 Å². The van der Waals surface area contributed by atoms with Crippen molar-refractivity contribution in [2.45, 2.75) is 45.1 Å². The summed E-state index contributed by atoms with van der Waals surface area (Å²) >= 11 is 0. The third kappa shape index (κ3) is 4.34. The smallest absolute Gasteiger partial charge is 0.224 e. The summed E-state index contributed by atoms with van der Waals surface area (Å²) < 4.78 is 0. The van der Waals surface area contributed by atoms with E-state index in [0.29, 0.717) is 12.0 Å². The topological polar surface area (TPSA) is 41.1 Å². The normalized spacial score (nSPS) is 24.1. The van der Waals surface area contributed by atoms with E-state index in [0.717, 1.165) is 32.4 Å². The predicted octanol–water partition coefficient (Wildman–Crippen LogP) is 2.68. The number of carbonyl (C=O) groups excluding carboxylic acids is 1. The van der Waals surface area contributed by atoms with Gasteiger partial charge in [-0.1, -0.05) is 37.3 Å². The van der Waals surface area contributed by atoms with E-state index in [9.17, 15) is 4.79 Å². The highest BCUT2D eigenvalue weighted by atomic mass is 16.1. The van der Waals surface area contributed by atoms with Gasteiger partial charge in [-0.2, -0.15) is 0 Å². The molecule has 3 atom stereocenters. The van der Waals surface area contributed by atoms with Gasteiger partial charge in [0.25, 0.3) is 0 Å². The zero-order valence-corrected chi connectivity index (χ0v) is 12.6. The van der Waals surface area contributed by atoms with Crippen LogP contribution in [-0.4, -0.2) is 25.0 Å². The molecule has 20 heavy (non-hydrogen) atoms. The number of piperidine rings is 1.